The number of carbonyl (C=O) groups excluding carboxylic acids is 2. The fraction of sp³-hybridized carbons (Fsp3) is 0.333. The van der Waals surface area contributed by atoms with E-state index < -0.39 is 10.7 Å². The van der Waals surface area contributed by atoms with Crippen LogP contribution in [0.25, 0.3) is 0 Å². The number of benzene rings is 1. The molecule has 0 aromatic heterocycles. The van der Waals surface area contributed by atoms with Crippen molar-refractivity contribution in [3.63, 3.8) is 0 Å². The van der Waals surface area contributed by atoms with Crippen LogP contribution in [0.2, 0.25) is 0 Å². The predicted octanol–water partition coefficient (Wildman–Crippen LogP) is 1.75. The highest BCUT2D eigenvalue weighted by molar-refractivity contribution is 9.10. The Morgan fingerprint density at radius 1 is 1.31 bits per heavy atom. The van der Waals surface area contributed by atoms with E-state index in [1.54, 1.807) is 0 Å². The number of rotatable bonds is 2. The van der Waals surface area contributed by atoms with E-state index in [2.05, 4.69) is 28.2 Å². The number of imide groups is 1. The number of halogens is 1. The second-order valence-electron chi connectivity index (χ2n) is 3.83. The molecule has 1 aromatic carbocycles. The number of hydrogen-bond donors (Lipinski definition) is 1. The van der Waals surface area contributed by atoms with E-state index in [-0.39, 0.29) is 11.8 Å². The van der Waals surface area contributed by atoms with Gasteiger partial charge in [-0.25, -0.2) is 0 Å². The molecule has 16 heavy (non-hydrogen) atoms. The summed E-state index contributed by atoms with van der Waals surface area (Å²) < 4.78 is 0. The molecule has 1 heterocycles. The summed E-state index contributed by atoms with van der Waals surface area (Å²) in [5.41, 5.74) is 2.06. The molecule has 0 bridgehead atoms. The summed E-state index contributed by atoms with van der Waals surface area (Å²) in [6.45, 7) is 2.06. The third-order valence-corrected chi connectivity index (χ3v) is 3.73. The highest BCUT2D eigenvalue weighted by Crippen LogP contribution is 2.30. The smallest absolute Gasteiger partial charge is 0.241 e. The molecule has 3 nitrogen and oxygen atoms in total. The lowest BCUT2D eigenvalue weighted by atomic mass is 9.95. The molecular weight excluding hydrogens is 270 g/mol. The van der Waals surface area contributed by atoms with Gasteiger partial charge in [-0.2, -0.15) is 0 Å². The van der Waals surface area contributed by atoms with E-state index in [4.69, 9.17) is 0 Å². The first-order chi connectivity index (χ1) is 7.63. The number of aryl methyl sites for hydroxylation is 1. The second-order valence-corrected chi connectivity index (χ2v) is 4.82. The van der Waals surface area contributed by atoms with Crippen molar-refractivity contribution in [3.05, 3.63) is 35.4 Å². The highest BCUT2D eigenvalue weighted by Gasteiger charge is 2.40. The van der Waals surface area contributed by atoms with Crippen LogP contribution < -0.4 is 5.32 Å². The van der Waals surface area contributed by atoms with Crippen LogP contribution in [0, 0.1) is 0 Å². The Balaban J connectivity index is 2.36. The summed E-state index contributed by atoms with van der Waals surface area (Å²) in [6, 6.07) is 7.80. The Morgan fingerprint density at radius 3 is 2.62 bits per heavy atom. The van der Waals surface area contributed by atoms with E-state index >= 15 is 0 Å². The summed E-state index contributed by atoms with van der Waals surface area (Å²) in [7, 11) is 0. The summed E-state index contributed by atoms with van der Waals surface area (Å²) in [5, 5.41) is 2.33. The molecule has 2 unspecified atom stereocenters. The van der Waals surface area contributed by atoms with Crippen LogP contribution in [-0.4, -0.2) is 16.6 Å². The van der Waals surface area contributed by atoms with Crippen molar-refractivity contribution < 1.29 is 9.59 Å². The SMILES string of the molecule is CCc1cccc(C2C(=O)NC(=O)C2Br)c1. The maximum absolute atomic E-state index is 11.6. The van der Waals surface area contributed by atoms with Crippen LogP contribution in [-0.2, 0) is 16.0 Å². The molecule has 1 aliphatic rings. The van der Waals surface area contributed by atoms with Crippen molar-refractivity contribution in [3.8, 4) is 0 Å². The minimum absolute atomic E-state index is 0.222. The standard InChI is InChI=1S/C12H12BrNO2/c1-2-7-4-3-5-8(6-7)9-10(13)12(16)14-11(9)15/h3-6,9-10H,2H2,1H3,(H,14,15,16). The molecule has 4 heteroatoms. The third-order valence-electron chi connectivity index (χ3n) is 2.79. The summed E-state index contributed by atoms with van der Waals surface area (Å²) in [4.78, 5) is 22.5. The molecule has 0 spiro atoms. The van der Waals surface area contributed by atoms with Crippen molar-refractivity contribution in [2.75, 3.05) is 0 Å². The van der Waals surface area contributed by atoms with Gasteiger partial charge < -0.3 is 0 Å². The topological polar surface area (TPSA) is 46.2 Å². The number of nitrogens with one attached hydrogen (secondary N) is 1. The van der Waals surface area contributed by atoms with Crippen LogP contribution in [0.1, 0.15) is 24.0 Å². The van der Waals surface area contributed by atoms with E-state index in [1.807, 2.05) is 24.3 Å². The maximum Gasteiger partial charge on any atom is 0.241 e. The van der Waals surface area contributed by atoms with Gasteiger partial charge in [0.25, 0.3) is 0 Å². The molecule has 1 aliphatic heterocycles. The monoisotopic (exact) mass is 281 g/mol. The van der Waals surface area contributed by atoms with Gasteiger partial charge in [0.05, 0.1) is 5.92 Å². The first-order valence-corrected chi connectivity index (χ1v) is 6.12. The molecule has 1 N–H and O–H groups in total. The first-order valence-electron chi connectivity index (χ1n) is 5.21. The summed E-state index contributed by atoms with van der Waals surface area (Å²) in [5.74, 6) is -0.879. The van der Waals surface area contributed by atoms with E-state index in [0.29, 0.717) is 0 Å². The molecule has 0 aliphatic carbocycles. The molecule has 2 rings (SSSR count). The Morgan fingerprint density at radius 2 is 2.06 bits per heavy atom. The zero-order chi connectivity index (χ0) is 11.7. The maximum atomic E-state index is 11.6. The normalized spacial score (nSPS) is 24.6. The van der Waals surface area contributed by atoms with Gasteiger partial charge in [-0.1, -0.05) is 47.1 Å². The molecular formula is C12H12BrNO2. The predicted molar refractivity (Wildman–Crippen MR) is 64.4 cm³/mol. The zero-order valence-corrected chi connectivity index (χ0v) is 10.5. The van der Waals surface area contributed by atoms with Gasteiger partial charge in [-0.15, -0.1) is 0 Å². The fourth-order valence-corrected chi connectivity index (χ4v) is 2.54. The molecule has 0 radical (unpaired) electrons. The molecule has 2 amide bonds. The zero-order valence-electron chi connectivity index (χ0n) is 8.87. The molecule has 0 saturated carbocycles. The van der Waals surface area contributed by atoms with E-state index in [9.17, 15) is 9.59 Å². The van der Waals surface area contributed by atoms with Gasteiger partial charge >= 0.3 is 0 Å². The van der Waals surface area contributed by atoms with Gasteiger partial charge in [0.1, 0.15) is 4.83 Å². The lowest BCUT2D eigenvalue weighted by molar-refractivity contribution is -0.125. The highest BCUT2D eigenvalue weighted by atomic mass is 79.9. The van der Waals surface area contributed by atoms with Crippen LogP contribution >= 0.6 is 15.9 Å². The van der Waals surface area contributed by atoms with Crippen LogP contribution in [0.5, 0.6) is 0 Å². The van der Waals surface area contributed by atoms with Crippen molar-refractivity contribution in [1.29, 1.82) is 0 Å². The van der Waals surface area contributed by atoms with Crippen LogP contribution in [0.4, 0.5) is 0 Å². The fourth-order valence-electron chi connectivity index (χ4n) is 1.88. The van der Waals surface area contributed by atoms with E-state index in [0.717, 1.165) is 12.0 Å². The summed E-state index contributed by atoms with van der Waals surface area (Å²) >= 11 is 3.26. The molecule has 1 saturated heterocycles. The average molecular weight is 282 g/mol. The Kier molecular flexibility index (Phi) is 3.10. The Labute approximate surface area is 102 Å². The third kappa shape index (κ3) is 1.89. The quantitative estimate of drug-likeness (QED) is 0.663. The first kappa shape index (κ1) is 11.3. The second kappa shape index (κ2) is 4.37. The molecule has 2 atom stereocenters. The van der Waals surface area contributed by atoms with Crippen LogP contribution in [0.15, 0.2) is 24.3 Å². The van der Waals surface area contributed by atoms with Gasteiger partial charge in [0.2, 0.25) is 11.8 Å². The largest absolute Gasteiger partial charge is 0.295 e. The molecule has 1 aromatic rings. The number of carbonyl (C=O) groups is 2. The number of hydrogen-bond acceptors (Lipinski definition) is 2. The van der Waals surface area contributed by atoms with Crippen molar-refractivity contribution in [2.24, 2.45) is 0 Å². The van der Waals surface area contributed by atoms with Gasteiger partial charge in [0, 0.05) is 0 Å². The summed E-state index contributed by atoms with van der Waals surface area (Å²) in [6.07, 6.45) is 0.920. The minimum Gasteiger partial charge on any atom is -0.295 e. The van der Waals surface area contributed by atoms with Crippen molar-refractivity contribution >= 4 is 27.7 Å². The lowest BCUT2D eigenvalue weighted by Crippen LogP contribution is -2.22. The van der Waals surface area contributed by atoms with Gasteiger partial charge in [-0.05, 0) is 17.5 Å². The van der Waals surface area contributed by atoms with Crippen molar-refractivity contribution in [1.82, 2.24) is 5.32 Å². The van der Waals surface area contributed by atoms with Gasteiger partial charge in [0.15, 0.2) is 0 Å². The lowest BCUT2D eigenvalue weighted by Gasteiger charge is -2.11. The van der Waals surface area contributed by atoms with Crippen LogP contribution in [0.3, 0.4) is 0 Å². The van der Waals surface area contributed by atoms with Gasteiger partial charge in [-0.3, -0.25) is 14.9 Å². The van der Waals surface area contributed by atoms with E-state index in [1.165, 1.54) is 5.56 Å². The average Bonchev–Trinajstić information content (AvgIpc) is 2.53. The number of amides is 2. The van der Waals surface area contributed by atoms with Crippen molar-refractivity contribution in [2.45, 2.75) is 24.1 Å². The minimum atomic E-state index is -0.452. The Hall–Kier alpha value is -1.16. The number of alkyl halides is 1. The molecule has 1 fully saturated rings. The molecule has 84 valence electrons. The Bertz CT molecular complexity index is 444.